The lowest BCUT2D eigenvalue weighted by Crippen LogP contribution is -2.32. The summed E-state index contributed by atoms with van der Waals surface area (Å²) >= 11 is 12.1. The lowest BCUT2D eigenvalue weighted by molar-refractivity contribution is -0.120. The topological polar surface area (TPSA) is 78.5 Å². The molecule has 0 saturated carbocycles. The van der Waals surface area contributed by atoms with Crippen LogP contribution in [0.3, 0.4) is 0 Å². The van der Waals surface area contributed by atoms with Gasteiger partial charge in [0.2, 0.25) is 0 Å². The highest BCUT2D eigenvalue weighted by Crippen LogP contribution is 2.30. The SMILES string of the molecule is Cc1cc(Cl)ccc1NC(=O)c1cccc(NC2=C(Cl)C(=O)N(c3ccccc3)C2=O)c1. The Labute approximate surface area is 194 Å². The van der Waals surface area contributed by atoms with Crippen molar-refractivity contribution in [2.45, 2.75) is 6.92 Å². The second kappa shape index (κ2) is 8.86. The van der Waals surface area contributed by atoms with Crippen LogP contribution >= 0.6 is 23.2 Å². The van der Waals surface area contributed by atoms with Crippen LogP contribution in [-0.4, -0.2) is 17.7 Å². The third-order valence-corrected chi connectivity index (χ3v) is 5.46. The van der Waals surface area contributed by atoms with E-state index in [1.807, 2.05) is 6.92 Å². The van der Waals surface area contributed by atoms with Crippen molar-refractivity contribution in [1.29, 1.82) is 0 Å². The molecule has 0 saturated heterocycles. The molecule has 3 aromatic carbocycles. The van der Waals surface area contributed by atoms with E-state index in [4.69, 9.17) is 23.2 Å². The molecule has 3 amide bonds. The van der Waals surface area contributed by atoms with Gasteiger partial charge in [0.15, 0.2) is 0 Å². The van der Waals surface area contributed by atoms with Gasteiger partial charge < -0.3 is 10.6 Å². The predicted octanol–water partition coefficient (Wildman–Crippen LogP) is 5.34. The Kier molecular flexibility index (Phi) is 5.99. The third kappa shape index (κ3) is 4.23. The minimum atomic E-state index is -0.613. The maximum Gasteiger partial charge on any atom is 0.283 e. The largest absolute Gasteiger partial charge is 0.350 e. The maximum atomic E-state index is 12.9. The molecule has 0 atom stereocenters. The molecule has 0 unspecified atom stereocenters. The molecular weight excluding hydrogens is 449 g/mol. The molecule has 1 heterocycles. The van der Waals surface area contributed by atoms with E-state index in [9.17, 15) is 14.4 Å². The van der Waals surface area contributed by atoms with Gasteiger partial charge in [0.25, 0.3) is 17.7 Å². The van der Waals surface area contributed by atoms with E-state index in [0.29, 0.717) is 27.6 Å². The molecule has 1 aliphatic heterocycles. The standard InChI is InChI=1S/C24H17Cl2N3O3/c1-14-12-16(25)10-11-19(14)28-22(30)15-6-5-7-17(13-15)27-21-20(26)23(31)29(24(21)32)18-8-3-2-4-9-18/h2-13,27H,1H3,(H,28,30). The zero-order chi connectivity index (χ0) is 22.8. The van der Waals surface area contributed by atoms with Crippen LogP contribution in [0, 0.1) is 6.92 Å². The Morgan fingerprint density at radius 1 is 0.875 bits per heavy atom. The van der Waals surface area contributed by atoms with Gasteiger partial charge >= 0.3 is 0 Å². The van der Waals surface area contributed by atoms with Crippen molar-refractivity contribution in [1.82, 2.24) is 0 Å². The molecule has 8 heteroatoms. The number of carbonyl (C=O) groups excluding carboxylic acids is 3. The maximum absolute atomic E-state index is 12.9. The van der Waals surface area contributed by atoms with Gasteiger partial charge in [-0.05, 0) is 61.0 Å². The minimum Gasteiger partial charge on any atom is -0.350 e. The number of nitrogens with zero attached hydrogens (tertiary/aromatic N) is 1. The van der Waals surface area contributed by atoms with Crippen molar-refractivity contribution in [2.24, 2.45) is 0 Å². The van der Waals surface area contributed by atoms with E-state index in [2.05, 4.69) is 10.6 Å². The van der Waals surface area contributed by atoms with Gasteiger partial charge in [0, 0.05) is 22.0 Å². The van der Waals surface area contributed by atoms with E-state index >= 15 is 0 Å². The summed E-state index contributed by atoms with van der Waals surface area (Å²) in [5, 5.41) is 6.09. The number of halogens is 2. The highest BCUT2D eigenvalue weighted by atomic mass is 35.5. The molecule has 6 nitrogen and oxygen atoms in total. The van der Waals surface area contributed by atoms with Crippen molar-refractivity contribution in [2.75, 3.05) is 15.5 Å². The summed E-state index contributed by atoms with van der Waals surface area (Å²) in [6.07, 6.45) is 0. The lowest BCUT2D eigenvalue weighted by Gasteiger charge is -2.15. The summed E-state index contributed by atoms with van der Waals surface area (Å²) in [6.45, 7) is 1.84. The van der Waals surface area contributed by atoms with Crippen molar-refractivity contribution in [3.05, 3.63) is 99.7 Å². The number of amides is 3. The summed E-state index contributed by atoms with van der Waals surface area (Å²) in [7, 11) is 0. The first-order valence-corrected chi connectivity index (χ1v) is 10.4. The Morgan fingerprint density at radius 3 is 2.34 bits per heavy atom. The number of para-hydroxylation sites is 1. The van der Waals surface area contributed by atoms with Crippen LogP contribution in [0.5, 0.6) is 0 Å². The first-order chi connectivity index (χ1) is 15.3. The van der Waals surface area contributed by atoms with E-state index in [-0.39, 0.29) is 16.6 Å². The predicted molar refractivity (Wildman–Crippen MR) is 126 cm³/mol. The average Bonchev–Trinajstić information content (AvgIpc) is 2.99. The Hall–Kier alpha value is -3.61. The summed E-state index contributed by atoms with van der Waals surface area (Å²) < 4.78 is 0. The van der Waals surface area contributed by atoms with E-state index in [1.54, 1.807) is 72.8 Å². The first kappa shape index (κ1) is 21.6. The Morgan fingerprint density at radius 2 is 1.62 bits per heavy atom. The van der Waals surface area contributed by atoms with Gasteiger partial charge in [0.05, 0.1) is 5.69 Å². The van der Waals surface area contributed by atoms with Crippen molar-refractivity contribution < 1.29 is 14.4 Å². The van der Waals surface area contributed by atoms with Crippen molar-refractivity contribution >= 4 is 58.0 Å². The van der Waals surface area contributed by atoms with Gasteiger partial charge in [0.1, 0.15) is 10.7 Å². The van der Waals surface area contributed by atoms with E-state index < -0.39 is 11.8 Å². The summed E-state index contributed by atoms with van der Waals surface area (Å²) in [4.78, 5) is 39.1. The highest BCUT2D eigenvalue weighted by molar-refractivity contribution is 6.53. The summed E-state index contributed by atoms with van der Waals surface area (Å²) in [5.74, 6) is -1.52. The van der Waals surface area contributed by atoms with Crippen molar-refractivity contribution in [3.63, 3.8) is 0 Å². The number of hydrogen-bond acceptors (Lipinski definition) is 4. The molecule has 0 fully saturated rings. The van der Waals surface area contributed by atoms with Crippen LogP contribution in [0.4, 0.5) is 17.1 Å². The summed E-state index contributed by atoms with van der Waals surface area (Å²) in [5.41, 5.74) is 2.63. The smallest absolute Gasteiger partial charge is 0.283 e. The average molecular weight is 466 g/mol. The Bertz CT molecular complexity index is 1270. The van der Waals surface area contributed by atoms with Crippen LogP contribution in [0.2, 0.25) is 5.02 Å². The lowest BCUT2D eigenvalue weighted by atomic mass is 10.1. The number of benzene rings is 3. The molecule has 2 N–H and O–H groups in total. The van der Waals surface area contributed by atoms with Gasteiger partial charge in [-0.1, -0.05) is 47.5 Å². The number of anilines is 3. The minimum absolute atomic E-state index is 0.0494. The monoisotopic (exact) mass is 465 g/mol. The molecule has 0 spiro atoms. The third-order valence-electron chi connectivity index (χ3n) is 4.87. The number of imide groups is 1. The quantitative estimate of drug-likeness (QED) is 0.498. The van der Waals surface area contributed by atoms with Crippen LogP contribution in [0.15, 0.2) is 83.5 Å². The molecule has 1 aliphatic rings. The number of carbonyl (C=O) groups is 3. The fraction of sp³-hybridized carbons (Fsp3) is 0.0417. The Balaban J connectivity index is 1.54. The second-order valence-electron chi connectivity index (χ2n) is 7.09. The van der Waals surface area contributed by atoms with Crippen LogP contribution in [0.1, 0.15) is 15.9 Å². The zero-order valence-corrected chi connectivity index (χ0v) is 18.4. The fourth-order valence-electron chi connectivity index (χ4n) is 3.27. The van der Waals surface area contributed by atoms with Crippen LogP contribution in [0.25, 0.3) is 0 Å². The molecule has 0 aliphatic carbocycles. The first-order valence-electron chi connectivity index (χ1n) is 9.63. The van der Waals surface area contributed by atoms with Crippen LogP contribution < -0.4 is 15.5 Å². The molecule has 4 rings (SSSR count). The van der Waals surface area contributed by atoms with Gasteiger partial charge in [-0.25, -0.2) is 4.90 Å². The second-order valence-corrected chi connectivity index (χ2v) is 7.90. The fourth-order valence-corrected chi connectivity index (χ4v) is 3.71. The normalized spacial score (nSPS) is 13.5. The molecule has 160 valence electrons. The number of aryl methyl sites for hydroxylation is 1. The van der Waals surface area contributed by atoms with E-state index in [1.165, 1.54) is 0 Å². The highest BCUT2D eigenvalue weighted by Gasteiger charge is 2.38. The molecule has 0 aromatic heterocycles. The molecule has 32 heavy (non-hydrogen) atoms. The van der Waals surface area contributed by atoms with E-state index in [0.717, 1.165) is 10.5 Å². The number of hydrogen-bond donors (Lipinski definition) is 2. The molecule has 0 radical (unpaired) electrons. The molecule has 3 aromatic rings. The number of nitrogens with one attached hydrogen (secondary N) is 2. The summed E-state index contributed by atoms with van der Waals surface area (Å²) in [6, 6.07) is 20.2. The number of rotatable bonds is 5. The molecular formula is C24H17Cl2N3O3. The van der Waals surface area contributed by atoms with Gasteiger partial charge in [-0.2, -0.15) is 0 Å². The van der Waals surface area contributed by atoms with Gasteiger partial charge in [-0.15, -0.1) is 0 Å². The van der Waals surface area contributed by atoms with Crippen molar-refractivity contribution in [3.8, 4) is 0 Å². The van der Waals surface area contributed by atoms with Crippen LogP contribution in [-0.2, 0) is 9.59 Å². The molecule has 0 bridgehead atoms. The zero-order valence-electron chi connectivity index (χ0n) is 16.9. The van der Waals surface area contributed by atoms with Gasteiger partial charge in [-0.3, -0.25) is 14.4 Å².